The highest BCUT2D eigenvalue weighted by atomic mass is 35.5. The highest BCUT2D eigenvalue weighted by Gasteiger charge is 2.16. The standard InChI is InChI=1S/C9H8ClN5O/c1-16-7-8(10)13-6-14-9(7)15(4-2-11)5-3-12/h6H,4-5H2,1H3. The molecule has 0 radical (unpaired) electrons. The Bertz CT molecular complexity index is 434. The highest BCUT2D eigenvalue weighted by molar-refractivity contribution is 6.31. The second-order valence-electron chi connectivity index (χ2n) is 2.69. The fourth-order valence-corrected chi connectivity index (χ4v) is 1.33. The van der Waals surface area contributed by atoms with E-state index in [1.54, 1.807) is 0 Å². The van der Waals surface area contributed by atoms with Gasteiger partial charge in [0.05, 0.1) is 19.2 Å². The third-order valence-corrected chi connectivity index (χ3v) is 2.04. The molecule has 0 spiro atoms. The molecule has 1 heterocycles. The predicted molar refractivity (Wildman–Crippen MR) is 57.0 cm³/mol. The van der Waals surface area contributed by atoms with E-state index in [0.29, 0.717) is 5.82 Å². The van der Waals surface area contributed by atoms with Crippen LogP contribution in [0.1, 0.15) is 0 Å². The van der Waals surface area contributed by atoms with Crippen molar-refractivity contribution >= 4 is 17.4 Å². The first-order valence-corrected chi connectivity index (χ1v) is 4.65. The minimum atomic E-state index is 0.0251. The molecule has 1 rings (SSSR count). The van der Waals surface area contributed by atoms with Crippen LogP contribution in [0.15, 0.2) is 6.33 Å². The van der Waals surface area contributed by atoms with Crippen LogP contribution in [-0.2, 0) is 0 Å². The molecule has 0 bridgehead atoms. The number of halogens is 1. The van der Waals surface area contributed by atoms with Gasteiger partial charge in [0.25, 0.3) is 0 Å². The van der Waals surface area contributed by atoms with E-state index in [0.717, 1.165) is 0 Å². The monoisotopic (exact) mass is 237 g/mol. The van der Waals surface area contributed by atoms with E-state index in [1.807, 2.05) is 12.1 Å². The van der Waals surface area contributed by atoms with Crippen LogP contribution in [0, 0.1) is 22.7 Å². The van der Waals surface area contributed by atoms with Crippen LogP contribution < -0.4 is 9.64 Å². The number of nitrogens with zero attached hydrogens (tertiary/aromatic N) is 5. The lowest BCUT2D eigenvalue weighted by Crippen LogP contribution is -2.25. The largest absolute Gasteiger partial charge is 0.490 e. The van der Waals surface area contributed by atoms with Crippen molar-refractivity contribution < 1.29 is 4.74 Å². The van der Waals surface area contributed by atoms with E-state index in [2.05, 4.69) is 9.97 Å². The fraction of sp³-hybridized carbons (Fsp3) is 0.333. The minimum absolute atomic E-state index is 0.0251. The van der Waals surface area contributed by atoms with Crippen molar-refractivity contribution in [2.24, 2.45) is 0 Å². The SMILES string of the molecule is COc1c(Cl)ncnc1N(CC#N)CC#N. The average Bonchev–Trinajstić information content (AvgIpc) is 2.28. The van der Waals surface area contributed by atoms with E-state index in [1.165, 1.54) is 18.3 Å². The second kappa shape index (κ2) is 5.74. The third-order valence-electron chi connectivity index (χ3n) is 1.77. The Kier molecular flexibility index (Phi) is 4.31. The number of ether oxygens (including phenoxy) is 1. The molecular weight excluding hydrogens is 230 g/mol. The molecule has 6 nitrogen and oxygen atoms in total. The van der Waals surface area contributed by atoms with E-state index in [4.69, 9.17) is 26.9 Å². The van der Waals surface area contributed by atoms with Crippen molar-refractivity contribution in [3.63, 3.8) is 0 Å². The van der Waals surface area contributed by atoms with Crippen molar-refractivity contribution in [2.75, 3.05) is 25.1 Å². The third kappa shape index (κ3) is 2.50. The van der Waals surface area contributed by atoms with Gasteiger partial charge in [-0.1, -0.05) is 11.6 Å². The normalized spacial score (nSPS) is 9.00. The van der Waals surface area contributed by atoms with E-state index in [9.17, 15) is 0 Å². The lowest BCUT2D eigenvalue weighted by molar-refractivity contribution is 0.411. The van der Waals surface area contributed by atoms with Crippen LogP contribution in [0.5, 0.6) is 5.75 Å². The summed E-state index contributed by atoms with van der Waals surface area (Å²) in [4.78, 5) is 9.15. The fourth-order valence-electron chi connectivity index (χ4n) is 1.12. The minimum Gasteiger partial charge on any atom is -0.490 e. The van der Waals surface area contributed by atoms with Crippen LogP contribution in [-0.4, -0.2) is 30.2 Å². The van der Waals surface area contributed by atoms with Gasteiger partial charge >= 0.3 is 0 Å². The first kappa shape index (κ1) is 12.0. The van der Waals surface area contributed by atoms with Crippen LogP contribution >= 0.6 is 11.6 Å². The summed E-state index contributed by atoms with van der Waals surface area (Å²) in [6, 6.07) is 3.88. The molecule has 0 unspecified atom stereocenters. The van der Waals surface area contributed by atoms with E-state index >= 15 is 0 Å². The van der Waals surface area contributed by atoms with Gasteiger partial charge in [0.1, 0.15) is 19.4 Å². The first-order chi connectivity index (χ1) is 7.74. The molecule has 0 fully saturated rings. The molecule has 0 aliphatic carbocycles. The Morgan fingerprint density at radius 1 is 1.38 bits per heavy atom. The van der Waals surface area contributed by atoms with Gasteiger partial charge in [-0.2, -0.15) is 10.5 Å². The zero-order chi connectivity index (χ0) is 12.0. The molecule has 16 heavy (non-hydrogen) atoms. The van der Waals surface area contributed by atoms with Gasteiger partial charge in [-0.3, -0.25) is 0 Å². The summed E-state index contributed by atoms with van der Waals surface area (Å²) in [5.74, 6) is 0.597. The number of aromatic nitrogens is 2. The maximum Gasteiger partial charge on any atom is 0.199 e. The second-order valence-corrected chi connectivity index (χ2v) is 3.05. The summed E-state index contributed by atoms with van der Waals surface area (Å²) < 4.78 is 5.03. The molecule has 82 valence electrons. The Labute approximate surface area is 97.7 Å². The topological polar surface area (TPSA) is 85.8 Å². The number of methoxy groups -OCH3 is 1. The van der Waals surface area contributed by atoms with Gasteiger partial charge < -0.3 is 9.64 Å². The first-order valence-electron chi connectivity index (χ1n) is 4.28. The molecular formula is C9H8ClN5O. The molecule has 0 aliphatic heterocycles. The van der Waals surface area contributed by atoms with Crippen molar-refractivity contribution in [1.82, 2.24) is 9.97 Å². The quantitative estimate of drug-likeness (QED) is 0.573. The Balaban J connectivity index is 3.14. The summed E-state index contributed by atoms with van der Waals surface area (Å²) in [7, 11) is 1.42. The number of rotatable bonds is 4. The molecule has 0 amide bonds. The number of nitriles is 2. The molecule has 0 saturated heterocycles. The Morgan fingerprint density at radius 3 is 2.50 bits per heavy atom. The van der Waals surface area contributed by atoms with Gasteiger partial charge in [-0.15, -0.1) is 0 Å². The van der Waals surface area contributed by atoms with Crippen LogP contribution in [0.3, 0.4) is 0 Å². The van der Waals surface area contributed by atoms with Crippen LogP contribution in [0.4, 0.5) is 5.82 Å². The predicted octanol–water partition coefficient (Wildman–Crippen LogP) is 0.992. The summed E-state index contributed by atoms with van der Waals surface area (Å²) >= 11 is 5.81. The average molecular weight is 238 g/mol. The molecule has 0 saturated carbocycles. The summed E-state index contributed by atoms with van der Waals surface area (Å²) in [6.45, 7) is 0.0501. The maximum absolute atomic E-state index is 8.64. The highest BCUT2D eigenvalue weighted by Crippen LogP contribution is 2.30. The molecule has 0 atom stereocenters. The Morgan fingerprint density at radius 2 is 2.00 bits per heavy atom. The van der Waals surface area contributed by atoms with Gasteiger partial charge in [-0.05, 0) is 0 Å². The Hall–Kier alpha value is -2.05. The lowest BCUT2D eigenvalue weighted by Gasteiger charge is -2.19. The molecule has 0 N–H and O–H groups in total. The molecule has 1 aromatic rings. The number of hydrogen-bond donors (Lipinski definition) is 0. The van der Waals surface area contributed by atoms with Crippen molar-refractivity contribution in [2.45, 2.75) is 0 Å². The van der Waals surface area contributed by atoms with Gasteiger partial charge in [0.15, 0.2) is 16.7 Å². The smallest absolute Gasteiger partial charge is 0.199 e. The molecule has 1 aromatic heterocycles. The summed E-state index contributed by atoms with van der Waals surface area (Å²) in [5.41, 5.74) is 0. The van der Waals surface area contributed by atoms with E-state index < -0.39 is 0 Å². The molecule has 7 heteroatoms. The number of hydrogen-bond acceptors (Lipinski definition) is 6. The lowest BCUT2D eigenvalue weighted by atomic mass is 10.4. The molecule has 0 aromatic carbocycles. The van der Waals surface area contributed by atoms with Crippen LogP contribution in [0.25, 0.3) is 0 Å². The van der Waals surface area contributed by atoms with Gasteiger partial charge in [0.2, 0.25) is 0 Å². The summed E-state index contributed by atoms with van der Waals surface area (Å²) in [6.07, 6.45) is 1.25. The van der Waals surface area contributed by atoms with Gasteiger partial charge in [0, 0.05) is 0 Å². The van der Waals surface area contributed by atoms with Crippen LogP contribution in [0.2, 0.25) is 5.15 Å². The zero-order valence-corrected chi connectivity index (χ0v) is 9.27. The molecule has 0 aliphatic rings. The summed E-state index contributed by atoms with van der Waals surface area (Å²) in [5, 5.41) is 17.4. The van der Waals surface area contributed by atoms with Crippen molar-refractivity contribution in [3.05, 3.63) is 11.5 Å². The zero-order valence-electron chi connectivity index (χ0n) is 8.51. The number of anilines is 1. The maximum atomic E-state index is 8.64. The van der Waals surface area contributed by atoms with Crippen molar-refractivity contribution in [3.8, 4) is 17.9 Å². The van der Waals surface area contributed by atoms with E-state index in [-0.39, 0.29) is 24.0 Å². The van der Waals surface area contributed by atoms with Gasteiger partial charge in [-0.25, -0.2) is 9.97 Å². The van der Waals surface area contributed by atoms with Crippen molar-refractivity contribution in [1.29, 1.82) is 10.5 Å².